The second kappa shape index (κ2) is 5.17. The van der Waals surface area contributed by atoms with E-state index in [9.17, 15) is 9.59 Å². The van der Waals surface area contributed by atoms with Gasteiger partial charge in [-0.05, 0) is 19.1 Å². The van der Waals surface area contributed by atoms with Crippen LogP contribution in [0.2, 0.25) is 0 Å². The third-order valence-electron chi connectivity index (χ3n) is 1.80. The van der Waals surface area contributed by atoms with Crippen LogP contribution in [-0.4, -0.2) is 18.2 Å². The van der Waals surface area contributed by atoms with Gasteiger partial charge in [0.1, 0.15) is 5.78 Å². The third-order valence-corrected chi connectivity index (χ3v) is 1.80. The van der Waals surface area contributed by atoms with Crippen LogP contribution in [-0.2, 0) is 4.79 Å². The van der Waals surface area contributed by atoms with E-state index in [1.54, 1.807) is 24.3 Å². The monoisotopic (exact) mass is 191 g/mol. The second-order valence-corrected chi connectivity index (χ2v) is 3.07. The Bertz CT molecular complexity index is 319. The largest absolute Gasteiger partial charge is 0.352 e. The molecule has 0 aliphatic heterocycles. The van der Waals surface area contributed by atoms with Gasteiger partial charge in [-0.25, -0.2) is 0 Å². The highest BCUT2D eigenvalue weighted by Gasteiger charge is 2.03. The number of rotatable bonds is 4. The molecule has 1 N–H and O–H groups in total. The predicted molar refractivity (Wildman–Crippen MR) is 54.1 cm³/mol. The molecule has 0 saturated heterocycles. The maximum atomic E-state index is 11.4. The molecule has 74 valence electrons. The van der Waals surface area contributed by atoms with Gasteiger partial charge in [0.05, 0.1) is 0 Å². The average molecular weight is 191 g/mol. The van der Waals surface area contributed by atoms with Crippen LogP contribution in [0.3, 0.4) is 0 Å². The zero-order chi connectivity index (χ0) is 10.4. The van der Waals surface area contributed by atoms with E-state index in [0.717, 1.165) is 0 Å². The Kier molecular flexibility index (Phi) is 3.85. The number of hydrogen-bond acceptors (Lipinski definition) is 2. The molecule has 0 aliphatic rings. The second-order valence-electron chi connectivity index (χ2n) is 3.07. The number of ketones is 1. The Labute approximate surface area is 83.1 Å². The number of Topliss-reactive ketones (excluding diaryl/α,β-unsaturated/α-hetero) is 1. The standard InChI is InChI=1S/C11H13NO2/c1-9(13)7-8-12-11(14)10-5-3-2-4-6-10/h2-6H,7-8H2,1H3,(H,12,14). The van der Waals surface area contributed by atoms with Gasteiger partial charge in [0.25, 0.3) is 5.91 Å². The average Bonchev–Trinajstić information content (AvgIpc) is 2.18. The Morgan fingerprint density at radius 1 is 1.21 bits per heavy atom. The highest BCUT2D eigenvalue weighted by Crippen LogP contribution is 1.97. The molecule has 3 nitrogen and oxygen atoms in total. The van der Waals surface area contributed by atoms with E-state index < -0.39 is 0 Å². The van der Waals surface area contributed by atoms with Crippen molar-refractivity contribution in [1.29, 1.82) is 0 Å². The summed E-state index contributed by atoms with van der Waals surface area (Å²) in [5.74, 6) is -0.0507. The van der Waals surface area contributed by atoms with Crippen molar-refractivity contribution in [3.63, 3.8) is 0 Å². The molecule has 0 aliphatic carbocycles. The van der Waals surface area contributed by atoms with Crippen LogP contribution in [0, 0.1) is 0 Å². The Morgan fingerprint density at radius 2 is 1.86 bits per heavy atom. The van der Waals surface area contributed by atoms with Crippen LogP contribution in [0.5, 0.6) is 0 Å². The molecule has 0 radical (unpaired) electrons. The van der Waals surface area contributed by atoms with Crippen LogP contribution in [0.1, 0.15) is 23.7 Å². The highest BCUT2D eigenvalue weighted by atomic mass is 16.1. The maximum Gasteiger partial charge on any atom is 0.251 e. The van der Waals surface area contributed by atoms with Gasteiger partial charge in [0, 0.05) is 18.5 Å². The molecule has 1 rings (SSSR count). The lowest BCUT2D eigenvalue weighted by atomic mass is 10.2. The van der Waals surface area contributed by atoms with Crippen molar-refractivity contribution < 1.29 is 9.59 Å². The van der Waals surface area contributed by atoms with Gasteiger partial charge in [-0.1, -0.05) is 18.2 Å². The molecule has 0 unspecified atom stereocenters. The lowest BCUT2D eigenvalue weighted by Crippen LogP contribution is -2.25. The first-order valence-corrected chi connectivity index (χ1v) is 4.53. The van der Waals surface area contributed by atoms with Gasteiger partial charge in [0.15, 0.2) is 0 Å². The Morgan fingerprint density at radius 3 is 2.43 bits per heavy atom. The normalized spacial score (nSPS) is 9.50. The summed E-state index contributed by atoms with van der Waals surface area (Å²) in [5, 5.41) is 2.67. The summed E-state index contributed by atoms with van der Waals surface area (Å²) >= 11 is 0. The van der Waals surface area contributed by atoms with Crippen LogP contribution in [0.25, 0.3) is 0 Å². The molecule has 0 aromatic heterocycles. The van der Waals surface area contributed by atoms with Crippen LogP contribution >= 0.6 is 0 Å². The van der Waals surface area contributed by atoms with Crippen molar-refractivity contribution in [1.82, 2.24) is 5.32 Å². The molecule has 14 heavy (non-hydrogen) atoms. The van der Waals surface area contributed by atoms with E-state index in [1.165, 1.54) is 6.92 Å². The van der Waals surface area contributed by atoms with Gasteiger partial charge >= 0.3 is 0 Å². The van der Waals surface area contributed by atoms with E-state index in [-0.39, 0.29) is 11.7 Å². The van der Waals surface area contributed by atoms with E-state index in [1.807, 2.05) is 6.07 Å². The van der Waals surface area contributed by atoms with Gasteiger partial charge in [-0.3, -0.25) is 9.59 Å². The van der Waals surface area contributed by atoms with E-state index >= 15 is 0 Å². The van der Waals surface area contributed by atoms with Crippen LogP contribution < -0.4 is 5.32 Å². The molecule has 0 heterocycles. The fraction of sp³-hybridized carbons (Fsp3) is 0.273. The van der Waals surface area contributed by atoms with Crippen molar-refractivity contribution in [2.24, 2.45) is 0 Å². The van der Waals surface area contributed by atoms with Crippen molar-refractivity contribution >= 4 is 11.7 Å². The molecular formula is C11H13NO2. The minimum atomic E-state index is -0.133. The predicted octanol–water partition coefficient (Wildman–Crippen LogP) is 1.40. The summed E-state index contributed by atoms with van der Waals surface area (Å²) in [5.41, 5.74) is 0.621. The Hall–Kier alpha value is -1.64. The van der Waals surface area contributed by atoms with Crippen molar-refractivity contribution in [3.05, 3.63) is 35.9 Å². The first kappa shape index (κ1) is 10.4. The van der Waals surface area contributed by atoms with Crippen LogP contribution in [0.4, 0.5) is 0 Å². The number of hydrogen-bond donors (Lipinski definition) is 1. The number of nitrogens with one attached hydrogen (secondary N) is 1. The first-order valence-electron chi connectivity index (χ1n) is 4.53. The fourth-order valence-electron chi connectivity index (χ4n) is 1.04. The van der Waals surface area contributed by atoms with Crippen molar-refractivity contribution in [3.8, 4) is 0 Å². The molecule has 1 aromatic carbocycles. The molecule has 0 atom stereocenters. The maximum absolute atomic E-state index is 11.4. The molecule has 1 aromatic rings. The SMILES string of the molecule is CC(=O)CCNC(=O)c1ccccc1. The number of carbonyl (C=O) groups excluding carboxylic acids is 2. The van der Waals surface area contributed by atoms with E-state index in [0.29, 0.717) is 18.5 Å². The first-order chi connectivity index (χ1) is 6.70. The fourth-order valence-corrected chi connectivity index (χ4v) is 1.04. The number of benzene rings is 1. The number of amides is 1. The van der Waals surface area contributed by atoms with Gasteiger partial charge in [-0.15, -0.1) is 0 Å². The summed E-state index contributed by atoms with van der Waals surface area (Å²) in [6, 6.07) is 8.94. The molecule has 0 spiro atoms. The summed E-state index contributed by atoms with van der Waals surface area (Å²) < 4.78 is 0. The van der Waals surface area contributed by atoms with E-state index in [2.05, 4.69) is 5.32 Å². The zero-order valence-corrected chi connectivity index (χ0v) is 8.12. The minimum absolute atomic E-state index is 0.0818. The molecular weight excluding hydrogens is 178 g/mol. The molecule has 3 heteroatoms. The number of carbonyl (C=O) groups is 2. The highest BCUT2D eigenvalue weighted by molar-refractivity contribution is 5.94. The summed E-state index contributed by atoms with van der Waals surface area (Å²) in [6.45, 7) is 1.91. The lowest BCUT2D eigenvalue weighted by Gasteiger charge is -2.02. The summed E-state index contributed by atoms with van der Waals surface area (Å²) in [6.07, 6.45) is 0.387. The van der Waals surface area contributed by atoms with E-state index in [4.69, 9.17) is 0 Å². The molecule has 1 amide bonds. The van der Waals surface area contributed by atoms with Gasteiger partial charge < -0.3 is 5.32 Å². The van der Waals surface area contributed by atoms with Crippen molar-refractivity contribution in [2.45, 2.75) is 13.3 Å². The van der Waals surface area contributed by atoms with Crippen LogP contribution in [0.15, 0.2) is 30.3 Å². The third kappa shape index (κ3) is 3.39. The quantitative estimate of drug-likeness (QED) is 0.781. The zero-order valence-electron chi connectivity index (χ0n) is 8.12. The summed E-state index contributed by atoms with van der Waals surface area (Å²) in [4.78, 5) is 22.0. The summed E-state index contributed by atoms with van der Waals surface area (Å²) in [7, 11) is 0. The lowest BCUT2D eigenvalue weighted by molar-refractivity contribution is -0.116. The topological polar surface area (TPSA) is 46.2 Å². The van der Waals surface area contributed by atoms with Crippen molar-refractivity contribution in [2.75, 3.05) is 6.54 Å². The molecule has 0 fully saturated rings. The molecule has 0 saturated carbocycles. The van der Waals surface area contributed by atoms with Gasteiger partial charge in [0.2, 0.25) is 0 Å². The Balaban J connectivity index is 2.40. The molecule has 0 bridgehead atoms. The minimum Gasteiger partial charge on any atom is -0.352 e. The van der Waals surface area contributed by atoms with Gasteiger partial charge in [-0.2, -0.15) is 0 Å². The smallest absolute Gasteiger partial charge is 0.251 e.